The van der Waals surface area contributed by atoms with E-state index in [0.717, 1.165) is 23.5 Å². The summed E-state index contributed by atoms with van der Waals surface area (Å²) in [7, 11) is 0. The first-order valence-electron chi connectivity index (χ1n) is 8.20. The van der Waals surface area contributed by atoms with E-state index in [1.54, 1.807) is 0 Å². The van der Waals surface area contributed by atoms with Crippen molar-refractivity contribution in [3.63, 3.8) is 0 Å². The molecule has 1 amide bonds. The molecule has 0 saturated carbocycles. The molecule has 1 aromatic heterocycles. The van der Waals surface area contributed by atoms with Crippen molar-refractivity contribution in [1.82, 2.24) is 15.2 Å². The van der Waals surface area contributed by atoms with Gasteiger partial charge in [0.25, 0.3) is 0 Å². The average molecular weight is 352 g/mol. The molecule has 25 heavy (non-hydrogen) atoms. The van der Waals surface area contributed by atoms with Crippen LogP contribution in [0.4, 0.5) is 5.69 Å². The van der Waals surface area contributed by atoms with Crippen molar-refractivity contribution in [1.29, 1.82) is 0 Å². The minimum atomic E-state index is -0.0553. The number of hydrogen-bond acceptors (Lipinski definition) is 4. The number of thioether (sulfide) groups is 1. The minimum Gasteiger partial charge on any atom is -0.325 e. The highest BCUT2D eigenvalue weighted by atomic mass is 32.2. The first-order valence-corrected chi connectivity index (χ1v) is 9.19. The largest absolute Gasteiger partial charge is 0.325 e. The minimum absolute atomic E-state index is 0.0553. The molecule has 0 atom stereocenters. The molecule has 0 bridgehead atoms. The zero-order valence-corrected chi connectivity index (χ0v) is 14.8. The van der Waals surface area contributed by atoms with Crippen LogP contribution in [0.15, 0.2) is 59.8 Å². The maximum Gasteiger partial charge on any atom is 0.234 e. The standard InChI is InChI=1S/C19H20N4OS/c1-2-15-10-6-7-11-16(15)20-18(24)13-25-19-21-17(22-23-19)12-14-8-4-3-5-9-14/h3-11H,2,12-13H2,1H3,(H,20,24)(H,21,22,23). The lowest BCUT2D eigenvalue weighted by atomic mass is 10.1. The third kappa shape index (κ3) is 4.93. The van der Waals surface area contributed by atoms with Crippen molar-refractivity contribution < 1.29 is 4.79 Å². The highest BCUT2D eigenvalue weighted by molar-refractivity contribution is 7.99. The fourth-order valence-electron chi connectivity index (χ4n) is 2.48. The second kappa shape index (κ2) is 8.48. The molecular weight excluding hydrogens is 332 g/mol. The Balaban J connectivity index is 1.52. The molecule has 3 rings (SSSR count). The number of aryl methyl sites for hydroxylation is 1. The number of carbonyl (C=O) groups excluding carboxylic acids is 1. The Kier molecular flexibility index (Phi) is 5.85. The van der Waals surface area contributed by atoms with E-state index in [9.17, 15) is 4.79 Å². The molecule has 5 nitrogen and oxygen atoms in total. The molecule has 3 aromatic rings. The summed E-state index contributed by atoms with van der Waals surface area (Å²) in [5.41, 5.74) is 3.17. The van der Waals surface area contributed by atoms with Crippen molar-refractivity contribution >= 4 is 23.4 Å². The topological polar surface area (TPSA) is 70.7 Å². The first kappa shape index (κ1) is 17.2. The van der Waals surface area contributed by atoms with Gasteiger partial charge in [-0.15, -0.1) is 5.10 Å². The number of rotatable bonds is 7. The van der Waals surface area contributed by atoms with Crippen LogP contribution in [0.1, 0.15) is 23.9 Å². The summed E-state index contributed by atoms with van der Waals surface area (Å²) in [4.78, 5) is 16.6. The van der Waals surface area contributed by atoms with Gasteiger partial charge in [-0.05, 0) is 23.6 Å². The van der Waals surface area contributed by atoms with Crippen LogP contribution < -0.4 is 5.32 Å². The number of carbonyl (C=O) groups is 1. The lowest BCUT2D eigenvalue weighted by Crippen LogP contribution is -2.15. The fraction of sp³-hybridized carbons (Fsp3) is 0.211. The highest BCUT2D eigenvalue weighted by Crippen LogP contribution is 2.18. The number of nitrogens with one attached hydrogen (secondary N) is 2. The number of para-hydroxylation sites is 1. The summed E-state index contributed by atoms with van der Waals surface area (Å²) in [6.07, 6.45) is 1.58. The van der Waals surface area contributed by atoms with Crippen LogP contribution >= 0.6 is 11.8 Å². The van der Waals surface area contributed by atoms with Crippen LogP contribution in [0.25, 0.3) is 0 Å². The third-order valence-electron chi connectivity index (χ3n) is 3.73. The van der Waals surface area contributed by atoms with Crippen molar-refractivity contribution in [3.8, 4) is 0 Å². The van der Waals surface area contributed by atoms with Gasteiger partial charge in [0.05, 0.1) is 5.75 Å². The van der Waals surface area contributed by atoms with E-state index < -0.39 is 0 Å². The molecule has 0 fully saturated rings. The summed E-state index contributed by atoms with van der Waals surface area (Å²) in [6, 6.07) is 17.9. The van der Waals surface area contributed by atoms with Crippen LogP contribution in [-0.4, -0.2) is 26.8 Å². The Morgan fingerprint density at radius 3 is 2.68 bits per heavy atom. The SMILES string of the molecule is CCc1ccccc1NC(=O)CSc1n[nH]c(Cc2ccccc2)n1. The van der Waals surface area contributed by atoms with Gasteiger partial charge in [-0.25, -0.2) is 4.98 Å². The number of aromatic amines is 1. The summed E-state index contributed by atoms with van der Waals surface area (Å²) < 4.78 is 0. The zero-order valence-electron chi connectivity index (χ0n) is 14.0. The molecule has 128 valence electrons. The normalized spacial score (nSPS) is 10.6. The number of hydrogen-bond donors (Lipinski definition) is 2. The van der Waals surface area contributed by atoms with Gasteiger partial charge in [-0.1, -0.05) is 67.2 Å². The van der Waals surface area contributed by atoms with E-state index in [2.05, 4.69) is 27.4 Å². The van der Waals surface area contributed by atoms with E-state index in [1.807, 2.05) is 54.6 Å². The summed E-state index contributed by atoms with van der Waals surface area (Å²) >= 11 is 1.33. The number of benzene rings is 2. The van der Waals surface area contributed by atoms with Crippen molar-refractivity contribution in [3.05, 3.63) is 71.5 Å². The Hall–Kier alpha value is -2.60. The first-order chi connectivity index (χ1) is 12.2. The zero-order chi connectivity index (χ0) is 17.5. The maximum atomic E-state index is 12.2. The van der Waals surface area contributed by atoms with Gasteiger partial charge in [0.15, 0.2) is 0 Å². The second-order valence-electron chi connectivity index (χ2n) is 5.57. The summed E-state index contributed by atoms with van der Waals surface area (Å²) in [6.45, 7) is 2.07. The molecule has 1 heterocycles. The van der Waals surface area contributed by atoms with Crippen LogP contribution in [0.5, 0.6) is 0 Å². The fourth-order valence-corrected chi connectivity index (χ4v) is 3.09. The van der Waals surface area contributed by atoms with Crippen molar-refractivity contribution in [2.75, 3.05) is 11.1 Å². The quantitative estimate of drug-likeness (QED) is 0.636. The van der Waals surface area contributed by atoms with E-state index in [1.165, 1.54) is 17.3 Å². The molecular formula is C19H20N4OS. The van der Waals surface area contributed by atoms with Gasteiger partial charge in [0, 0.05) is 12.1 Å². The van der Waals surface area contributed by atoms with Gasteiger partial charge in [-0.3, -0.25) is 9.89 Å². The molecule has 0 unspecified atom stereocenters. The van der Waals surface area contributed by atoms with Crippen molar-refractivity contribution in [2.24, 2.45) is 0 Å². The molecule has 0 spiro atoms. The molecule has 2 aromatic carbocycles. The smallest absolute Gasteiger partial charge is 0.234 e. The van der Waals surface area contributed by atoms with E-state index in [-0.39, 0.29) is 11.7 Å². The lowest BCUT2D eigenvalue weighted by Gasteiger charge is -2.08. The Labute approximate surface area is 151 Å². The number of nitrogens with zero attached hydrogens (tertiary/aromatic N) is 2. The summed E-state index contributed by atoms with van der Waals surface area (Å²) in [5, 5.41) is 10.6. The van der Waals surface area contributed by atoms with Crippen LogP contribution in [-0.2, 0) is 17.6 Å². The Morgan fingerprint density at radius 1 is 1.12 bits per heavy atom. The monoisotopic (exact) mass is 352 g/mol. The van der Waals surface area contributed by atoms with E-state index in [4.69, 9.17) is 0 Å². The third-order valence-corrected chi connectivity index (χ3v) is 4.58. The predicted octanol–water partition coefficient (Wildman–Crippen LogP) is 3.69. The molecule has 0 saturated heterocycles. The van der Waals surface area contributed by atoms with Gasteiger partial charge >= 0.3 is 0 Å². The Morgan fingerprint density at radius 2 is 1.88 bits per heavy atom. The molecule has 2 N–H and O–H groups in total. The van der Waals surface area contributed by atoms with Crippen LogP contribution in [0, 0.1) is 0 Å². The number of amides is 1. The van der Waals surface area contributed by atoms with Crippen LogP contribution in [0.2, 0.25) is 0 Å². The van der Waals surface area contributed by atoms with Gasteiger partial charge in [-0.2, -0.15) is 0 Å². The number of aromatic nitrogens is 3. The van der Waals surface area contributed by atoms with Gasteiger partial charge in [0.2, 0.25) is 11.1 Å². The molecule has 0 aliphatic carbocycles. The maximum absolute atomic E-state index is 12.2. The van der Waals surface area contributed by atoms with Gasteiger partial charge < -0.3 is 5.32 Å². The van der Waals surface area contributed by atoms with Crippen molar-refractivity contribution in [2.45, 2.75) is 24.9 Å². The summed E-state index contributed by atoms with van der Waals surface area (Å²) in [5.74, 6) is 1.02. The van der Waals surface area contributed by atoms with E-state index in [0.29, 0.717) is 11.6 Å². The molecule has 0 radical (unpaired) electrons. The van der Waals surface area contributed by atoms with Crippen LogP contribution in [0.3, 0.4) is 0 Å². The number of anilines is 1. The predicted molar refractivity (Wildman–Crippen MR) is 101 cm³/mol. The second-order valence-corrected chi connectivity index (χ2v) is 6.52. The average Bonchev–Trinajstić information content (AvgIpc) is 3.09. The van der Waals surface area contributed by atoms with E-state index >= 15 is 0 Å². The van der Waals surface area contributed by atoms with Gasteiger partial charge in [0.1, 0.15) is 5.82 Å². The molecule has 0 aliphatic rings. The Bertz CT molecular complexity index is 832. The lowest BCUT2D eigenvalue weighted by molar-refractivity contribution is -0.113. The highest BCUT2D eigenvalue weighted by Gasteiger charge is 2.09. The molecule has 0 aliphatic heterocycles. The molecule has 6 heteroatoms. The number of H-pyrrole nitrogens is 1.